The molecule has 1 aromatic heterocycles. The van der Waals surface area contributed by atoms with E-state index in [4.69, 9.17) is 0 Å². The van der Waals surface area contributed by atoms with E-state index in [2.05, 4.69) is 20.5 Å². The molecule has 4 heteroatoms. The van der Waals surface area contributed by atoms with Crippen molar-refractivity contribution in [2.45, 2.75) is 25.8 Å². The lowest BCUT2D eigenvalue weighted by atomic mass is 10.2. The molecule has 4 nitrogen and oxygen atoms in total. The molecule has 2 N–H and O–H groups in total. The molecule has 1 aliphatic rings. The topological polar surface area (TPSA) is 53.6 Å². The van der Waals surface area contributed by atoms with Gasteiger partial charge in [0.1, 0.15) is 5.82 Å². The van der Waals surface area contributed by atoms with Crippen LogP contribution >= 0.6 is 0 Å². The molecule has 0 spiro atoms. The van der Waals surface area contributed by atoms with Crippen molar-refractivity contribution in [3.05, 3.63) is 11.6 Å². The molecule has 1 fully saturated rings. The molecule has 0 amide bonds. The normalized spacial score (nSPS) is 24.3. The Morgan fingerprint density at radius 3 is 3.00 bits per heavy atom. The van der Waals surface area contributed by atoms with E-state index in [1.54, 1.807) is 0 Å². The lowest BCUT2D eigenvalue weighted by molar-refractivity contribution is 0.607. The number of aromatic nitrogens is 3. The maximum atomic E-state index is 4.26. The predicted molar refractivity (Wildman–Crippen MR) is 41.1 cm³/mol. The van der Waals surface area contributed by atoms with Crippen LogP contribution in [0.5, 0.6) is 0 Å². The van der Waals surface area contributed by atoms with Gasteiger partial charge < -0.3 is 5.32 Å². The second-order valence-corrected chi connectivity index (χ2v) is 2.93. The first kappa shape index (κ1) is 6.79. The second kappa shape index (κ2) is 2.62. The second-order valence-electron chi connectivity index (χ2n) is 2.93. The number of hydrogen-bond acceptors (Lipinski definition) is 3. The van der Waals surface area contributed by atoms with E-state index in [-0.39, 0.29) is 0 Å². The van der Waals surface area contributed by atoms with Gasteiger partial charge >= 0.3 is 0 Å². The van der Waals surface area contributed by atoms with E-state index >= 15 is 0 Å². The van der Waals surface area contributed by atoms with Crippen LogP contribution in [0.1, 0.15) is 30.5 Å². The fourth-order valence-electron chi connectivity index (χ4n) is 1.42. The van der Waals surface area contributed by atoms with Gasteiger partial charge in [-0.2, -0.15) is 5.10 Å². The molecule has 11 heavy (non-hydrogen) atoms. The van der Waals surface area contributed by atoms with E-state index in [0.717, 1.165) is 24.6 Å². The third kappa shape index (κ3) is 1.26. The van der Waals surface area contributed by atoms with Crippen LogP contribution in [0.4, 0.5) is 0 Å². The summed E-state index contributed by atoms with van der Waals surface area (Å²) >= 11 is 0. The number of aromatic amines is 1. The minimum atomic E-state index is 0.389. The number of hydrogen-bond donors (Lipinski definition) is 2. The fraction of sp³-hybridized carbons (Fsp3) is 0.714. The van der Waals surface area contributed by atoms with Crippen molar-refractivity contribution >= 4 is 0 Å². The van der Waals surface area contributed by atoms with E-state index in [0.29, 0.717) is 6.04 Å². The van der Waals surface area contributed by atoms with Crippen molar-refractivity contribution in [2.24, 2.45) is 0 Å². The highest BCUT2D eigenvalue weighted by Crippen LogP contribution is 2.18. The number of rotatable bonds is 1. The van der Waals surface area contributed by atoms with Crippen LogP contribution in [0.3, 0.4) is 0 Å². The van der Waals surface area contributed by atoms with Gasteiger partial charge in [-0.1, -0.05) is 0 Å². The Bertz CT molecular complexity index is 236. The highest BCUT2D eigenvalue weighted by Gasteiger charge is 2.19. The molecule has 0 bridgehead atoms. The lowest BCUT2D eigenvalue weighted by Gasteiger charge is -2.02. The zero-order chi connectivity index (χ0) is 7.68. The molecule has 0 radical (unpaired) electrons. The van der Waals surface area contributed by atoms with Crippen LogP contribution in [-0.2, 0) is 0 Å². The van der Waals surface area contributed by atoms with E-state index in [1.807, 2.05) is 6.92 Å². The quantitative estimate of drug-likeness (QED) is 0.617. The Labute approximate surface area is 65.4 Å². The SMILES string of the molecule is Cc1nc(C2CCCN2)n[nH]1. The first-order valence-electron chi connectivity index (χ1n) is 3.98. The van der Waals surface area contributed by atoms with Crippen LogP contribution < -0.4 is 5.32 Å². The average molecular weight is 152 g/mol. The van der Waals surface area contributed by atoms with Gasteiger partial charge in [-0.05, 0) is 26.3 Å². The van der Waals surface area contributed by atoms with Gasteiger partial charge in [-0.3, -0.25) is 5.10 Å². The van der Waals surface area contributed by atoms with E-state index in [1.165, 1.54) is 6.42 Å². The fourth-order valence-corrected chi connectivity index (χ4v) is 1.42. The van der Waals surface area contributed by atoms with Crippen LogP contribution in [0.15, 0.2) is 0 Å². The number of nitrogens with zero attached hydrogens (tertiary/aromatic N) is 2. The van der Waals surface area contributed by atoms with Gasteiger partial charge in [-0.15, -0.1) is 0 Å². The monoisotopic (exact) mass is 152 g/mol. The summed E-state index contributed by atoms with van der Waals surface area (Å²) in [6, 6.07) is 0.389. The Hall–Kier alpha value is -0.900. The minimum absolute atomic E-state index is 0.389. The summed E-state index contributed by atoms with van der Waals surface area (Å²) in [5.74, 6) is 1.81. The van der Waals surface area contributed by atoms with Gasteiger partial charge in [0.15, 0.2) is 5.82 Å². The van der Waals surface area contributed by atoms with Crippen molar-refractivity contribution in [1.82, 2.24) is 20.5 Å². The molecule has 1 unspecified atom stereocenters. The third-order valence-electron chi connectivity index (χ3n) is 1.99. The summed E-state index contributed by atoms with van der Waals surface area (Å²) in [4.78, 5) is 4.26. The first-order valence-corrected chi connectivity index (χ1v) is 3.98. The zero-order valence-electron chi connectivity index (χ0n) is 6.59. The van der Waals surface area contributed by atoms with Crippen molar-refractivity contribution < 1.29 is 0 Å². The number of nitrogens with one attached hydrogen (secondary N) is 2. The molecule has 2 heterocycles. The summed E-state index contributed by atoms with van der Waals surface area (Å²) < 4.78 is 0. The number of H-pyrrole nitrogens is 1. The Balaban J connectivity index is 2.15. The van der Waals surface area contributed by atoms with E-state index < -0.39 is 0 Å². The molecular weight excluding hydrogens is 140 g/mol. The summed E-state index contributed by atoms with van der Waals surface area (Å²) in [5.41, 5.74) is 0. The van der Waals surface area contributed by atoms with Gasteiger partial charge in [0, 0.05) is 0 Å². The first-order chi connectivity index (χ1) is 5.36. The molecule has 0 aliphatic carbocycles. The van der Waals surface area contributed by atoms with Crippen LogP contribution in [-0.4, -0.2) is 21.7 Å². The molecule has 1 saturated heterocycles. The van der Waals surface area contributed by atoms with Crippen LogP contribution in [0.25, 0.3) is 0 Å². The van der Waals surface area contributed by atoms with Crippen molar-refractivity contribution in [3.63, 3.8) is 0 Å². The van der Waals surface area contributed by atoms with E-state index in [9.17, 15) is 0 Å². The molecule has 2 rings (SSSR count). The summed E-state index contributed by atoms with van der Waals surface area (Å²) in [6.07, 6.45) is 2.40. The van der Waals surface area contributed by atoms with Gasteiger partial charge in [0.05, 0.1) is 6.04 Å². The van der Waals surface area contributed by atoms with Crippen molar-refractivity contribution in [2.75, 3.05) is 6.54 Å². The molecular formula is C7H12N4. The standard InChI is InChI=1S/C7H12N4/c1-5-9-7(11-10-5)6-3-2-4-8-6/h6,8H,2-4H2,1H3,(H,9,10,11). The number of aryl methyl sites for hydroxylation is 1. The Morgan fingerprint density at radius 2 is 2.45 bits per heavy atom. The smallest absolute Gasteiger partial charge is 0.167 e. The van der Waals surface area contributed by atoms with Gasteiger partial charge in [0.2, 0.25) is 0 Å². The summed E-state index contributed by atoms with van der Waals surface area (Å²) in [5, 5.41) is 10.3. The Morgan fingerprint density at radius 1 is 1.55 bits per heavy atom. The molecule has 60 valence electrons. The maximum Gasteiger partial charge on any atom is 0.167 e. The van der Waals surface area contributed by atoms with Crippen LogP contribution in [0.2, 0.25) is 0 Å². The summed E-state index contributed by atoms with van der Waals surface area (Å²) in [6.45, 7) is 3.02. The molecule has 0 saturated carbocycles. The third-order valence-corrected chi connectivity index (χ3v) is 1.99. The van der Waals surface area contributed by atoms with Crippen LogP contribution in [0, 0.1) is 6.92 Å². The predicted octanol–water partition coefficient (Wildman–Crippen LogP) is 0.538. The molecule has 1 aliphatic heterocycles. The van der Waals surface area contributed by atoms with Crippen molar-refractivity contribution in [1.29, 1.82) is 0 Å². The lowest BCUT2D eigenvalue weighted by Crippen LogP contribution is -2.14. The largest absolute Gasteiger partial charge is 0.307 e. The average Bonchev–Trinajstić information content (AvgIpc) is 2.55. The highest BCUT2D eigenvalue weighted by molar-refractivity contribution is 4.97. The summed E-state index contributed by atoms with van der Waals surface area (Å²) in [7, 11) is 0. The van der Waals surface area contributed by atoms with Gasteiger partial charge in [0.25, 0.3) is 0 Å². The molecule has 1 atom stereocenters. The van der Waals surface area contributed by atoms with Gasteiger partial charge in [-0.25, -0.2) is 4.98 Å². The Kier molecular flexibility index (Phi) is 1.62. The van der Waals surface area contributed by atoms with Crippen molar-refractivity contribution in [3.8, 4) is 0 Å². The minimum Gasteiger partial charge on any atom is -0.307 e. The highest BCUT2D eigenvalue weighted by atomic mass is 15.2. The molecule has 0 aromatic carbocycles. The molecule has 1 aromatic rings. The maximum absolute atomic E-state index is 4.26. The zero-order valence-corrected chi connectivity index (χ0v) is 6.59.